The van der Waals surface area contributed by atoms with Crippen LogP contribution in [-0.4, -0.2) is 45.6 Å². The molecule has 9 heteroatoms. The standard InChI is InChI=1S/C19H21N5O3S/c1-12-9-10-17(27-4)15(11-12)24-19(21-22-23-24)28-13(2)18(25)20-14-7-5-6-8-16(14)26-3/h5-11,13H,1-4H3,(H,20,25). The van der Waals surface area contributed by atoms with E-state index < -0.39 is 5.25 Å². The Morgan fingerprint density at radius 1 is 1.14 bits per heavy atom. The van der Waals surface area contributed by atoms with Gasteiger partial charge in [-0.25, -0.2) is 0 Å². The number of benzene rings is 2. The van der Waals surface area contributed by atoms with Crippen molar-refractivity contribution in [2.24, 2.45) is 0 Å². The highest BCUT2D eigenvalue weighted by Crippen LogP contribution is 2.30. The molecular weight excluding hydrogens is 378 g/mol. The molecule has 0 radical (unpaired) electrons. The Kier molecular flexibility index (Phi) is 6.15. The molecule has 0 aliphatic heterocycles. The largest absolute Gasteiger partial charge is 0.495 e. The van der Waals surface area contributed by atoms with Crippen LogP contribution in [0.15, 0.2) is 47.6 Å². The van der Waals surface area contributed by atoms with Gasteiger partial charge in [0.05, 0.1) is 25.2 Å². The van der Waals surface area contributed by atoms with Crippen LogP contribution in [0.25, 0.3) is 5.69 Å². The molecule has 0 aliphatic rings. The zero-order chi connectivity index (χ0) is 20.1. The van der Waals surface area contributed by atoms with Crippen LogP contribution in [0.4, 0.5) is 5.69 Å². The number of thioether (sulfide) groups is 1. The van der Waals surface area contributed by atoms with Gasteiger partial charge >= 0.3 is 0 Å². The summed E-state index contributed by atoms with van der Waals surface area (Å²) in [7, 11) is 3.15. The SMILES string of the molecule is COc1ccccc1NC(=O)C(C)Sc1nnnn1-c1cc(C)ccc1OC. The van der Waals surface area contributed by atoms with Crippen LogP contribution in [0, 0.1) is 6.92 Å². The van der Waals surface area contributed by atoms with E-state index in [0.29, 0.717) is 28.0 Å². The van der Waals surface area contributed by atoms with Gasteiger partial charge in [0.2, 0.25) is 11.1 Å². The maximum atomic E-state index is 12.6. The zero-order valence-corrected chi connectivity index (χ0v) is 16.9. The summed E-state index contributed by atoms with van der Waals surface area (Å²) in [5.74, 6) is 1.06. The molecule has 1 heterocycles. The first-order chi connectivity index (χ1) is 13.5. The van der Waals surface area contributed by atoms with Gasteiger partial charge in [-0.15, -0.1) is 5.10 Å². The summed E-state index contributed by atoms with van der Waals surface area (Å²) in [6.45, 7) is 3.77. The molecule has 146 valence electrons. The topological polar surface area (TPSA) is 91.2 Å². The fraction of sp³-hybridized carbons (Fsp3) is 0.263. The third kappa shape index (κ3) is 4.25. The van der Waals surface area contributed by atoms with Gasteiger partial charge < -0.3 is 14.8 Å². The van der Waals surface area contributed by atoms with Gasteiger partial charge in [0.25, 0.3) is 0 Å². The Morgan fingerprint density at radius 3 is 2.64 bits per heavy atom. The number of methoxy groups -OCH3 is 2. The maximum absolute atomic E-state index is 12.6. The molecule has 0 fully saturated rings. The second-order valence-corrected chi connectivity index (χ2v) is 7.31. The van der Waals surface area contributed by atoms with Gasteiger partial charge in [-0.3, -0.25) is 4.79 Å². The first kappa shape index (κ1) is 19.7. The van der Waals surface area contributed by atoms with Crippen molar-refractivity contribution < 1.29 is 14.3 Å². The van der Waals surface area contributed by atoms with Crippen LogP contribution in [0.1, 0.15) is 12.5 Å². The number of aryl methyl sites for hydroxylation is 1. The molecule has 0 spiro atoms. The number of rotatable bonds is 7. The minimum Gasteiger partial charge on any atom is -0.495 e. The number of nitrogens with zero attached hydrogens (tertiary/aromatic N) is 4. The van der Waals surface area contributed by atoms with Crippen LogP contribution >= 0.6 is 11.8 Å². The molecule has 0 saturated carbocycles. The molecule has 1 amide bonds. The zero-order valence-electron chi connectivity index (χ0n) is 16.0. The van der Waals surface area contributed by atoms with Crippen molar-refractivity contribution in [3.63, 3.8) is 0 Å². The summed E-state index contributed by atoms with van der Waals surface area (Å²) >= 11 is 1.26. The first-order valence-electron chi connectivity index (χ1n) is 8.57. The molecule has 2 aromatic carbocycles. The lowest BCUT2D eigenvalue weighted by Crippen LogP contribution is -2.23. The molecule has 1 unspecified atom stereocenters. The van der Waals surface area contributed by atoms with Crippen molar-refractivity contribution in [2.75, 3.05) is 19.5 Å². The normalized spacial score (nSPS) is 11.7. The Labute approximate surface area is 167 Å². The molecule has 0 bridgehead atoms. The summed E-state index contributed by atoms with van der Waals surface area (Å²) in [5, 5.41) is 14.8. The van der Waals surface area contributed by atoms with Gasteiger partial charge in [0.1, 0.15) is 17.2 Å². The molecule has 1 atom stereocenters. The molecular formula is C19H21N5O3S. The van der Waals surface area contributed by atoms with E-state index in [1.807, 2.05) is 37.3 Å². The molecule has 0 saturated heterocycles. The van der Waals surface area contributed by atoms with Crippen molar-refractivity contribution in [1.82, 2.24) is 20.2 Å². The Bertz CT molecular complexity index is 976. The van der Waals surface area contributed by atoms with Gasteiger partial charge in [-0.2, -0.15) is 4.68 Å². The summed E-state index contributed by atoms with van der Waals surface area (Å²) in [6, 6.07) is 13.0. The van der Waals surface area contributed by atoms with Crippen molar-refractivity contribution >= 4 is 23.4 Å². The summed E-state index contributed by atoms with van der Waals surface area (Å²) in [6.07, 6.45) is 0. The number of hydrogen-bond donors (Lipinski definition) is 1. The quantitative estimate of drug-likeness (QED) is 0.610. The second kappa shape index (κ2) is 8.75. The van der Waals surface area contributed by atoms with Crippen molar-refractivity contribution in [3.05, 3.63) is 48.0 Å². The summed E-state index contributed by atoms with van der Waals surface area (Å²) in [5.41, 5.74) is 2.37. The molecule has 28 heavy (non-hydrogen) atoms. The van der Waals surface area contributed by atoms with Crippen LogP contribution in [0.5, 0.6) is 11.5 Å². The lowest BCUT2D eigenvalue weighted by Gasteiger charge is -2.14. The first-order valence-corrected chi connectivity index (χ1v) is 9.45. The highest BCUT2D eigenvalue weighted by atomic mass is 32.2. The second-order valence-electron chi connectivity index (χ2n) is 6.00. The minimum absolute atomic E-state index is 0.180. The fourth-order valence-corrected chi connectivity index (χ4v) is 3.36. The average molecular weight is 399 g/mol. The van der Waals surface area contributed by atoms with E-state index in [4.69, 9.17) is 9.47 Å². The number of amides is 1. The Morgan fingerprint density at radius 2 is 1.89 bits per heavy atom. The predicted octanol–water partition coefficient (Wildman–Crippen LogP) is 3.11. The number of ether oxygens (including phenoxy) is 2. The lowest BCUT2D eigenvalue weighted by atomic mass is 10.2. The highest BCUT2D eigenvalue weighted by Gasteiger charge is 2.21. The van der Waals surface area contributed by atoms with Gasteiger partial charge in [0.15, 0.2) is 0 Å². The Balaban J connectivity index is 1.79. The predicted molar refractivity (Wildman–Crippen MR) is 107 cm³/mol. The van der Waals surface area contributed by atoms with Crippen molar-refractivity contribution in [2.45, 2.75) is 24.3 Å². The minimum atomic E-state index is -0.439. The third-order valence-electron chi connectivity index (χ3n) is 4.02. The number of anilines is 1. The lowest BCUT2D eigenvalue weighted by molar-refractivity contribution is -0.115. The van der Waals surface area contributed by atoms with Crippen LogP contribution < -0.4 is 14.8 Å². The van der Waals surface area contributed by atoms with Crippen LogP contribution in [-0.2, 0) is 4.79 Å². The number of hydrogen-bond acceptors (Lipinski definition) is 7. The molecule has 1 aromatic heterocycles. The number of aromatic nitrogens is 4. The van der Waals surface area contributed by atoms with Crippen molar-refractivity contribution in [1.29, 1.82) is 0 Å². The number of nitrogens with one attached hydrogen (secondary N) is 1. The third-order valence-corrected chi connectivity index (χ3v) is 5.05. The Hall–Kier alpha value is -3.07. The number of tetrazole rings is 1. The molecule has 3 aromatic rings. The van der Waals surface area contributed by atoms with E-state index >= 15 is 0 Å². The van der Waals surface area contributed by atoms with E-state index in [-0.39, 0.29) is 5.91 Å². The van der Waals surface area contributed by atoms with Gasteiger partial charge in [0, 0.05) is 0 Å². The number of carbonyl (C=O) groups excluding carboxylic acids is 1. The average Bonchev–Trinajstić information content (AvgIpc) is 3.16. The molecule has 8 nitrogen and oxygen atoms in total. The van der Waals surface area contributed by atoms with E-state index in [2.05, 4.69) is 20.8 Å². The summed E-state index contributed by atoms with van der Waals surface area (Å²) < 4.78 is 12.3. The van der Waals surface area contributed by atoms with Crippen molar-refractivity contribution in [3.8, 4) is 17.2 Å². The van der Waals surface area contributed by atoms with E-state index in [1.54, 1.807) is 38.0 Å². The van der Waals surface area contributed by atoms with Gasteiger partial charge in [-0.05, 0) is 54.1 Å². The monoisotopic (exact) mass is 399 g/mol. The molecule has 3 rings (SSSR count). The molecule has 0 aliphatic carbocycles. The number of para-hydroxylation sites is 2. The summed E-state index contributed by atoms with van der Waals surface area (Å²) in [4.78, 5) is 12.6. The smallest absolute Gasteiger partial charge is 0.237 e. The number of carbonyl (C=O) groups is 1. The van der Waals surface area contributed by atoms with E-state index in [0.717, 1.165) is 5.56 Å². The molecule has 1 N–H and O–H groups in total. The highest BCUT2D eigenvalue weighted by molar-refractivity contribution is 8.00. The van der Waals surface area contributed by atoms with E-state index in [9.17, 15) is 4.79 Å². The van der Waals surface area contributed by atoms with E-state index in [1.165, 1.54) is 11.8 Å². The maximum Gasteiger partial charge on any atom is 0.237 e. The van der Waals surface area contributed by atoms with Crippen LogP contribution in [0.3, 0.4) is 0 Å². The van der Waals surface area contributed by atoms with Crippen LogP contribution in [0.2, 0.25) is 0 Å². The van der Waals surface area contributed by atoms with Gasteiger partial charge in [-0.1, -0.05) is 30.0 Å². The fourth-order valence-electron chi connectivity index (χ4n) is 2.56.